The highest BCUT2D eigenvalue weighted by Crippen LogP contribution is 2.16. The molecule has 2 aliphatic heterocycles. The van der Waals surface area contributed by atoms with Crippen LogP contribution in [0.3, 0.4) is 0 Å². The molecule has 2 heterocycles. The molecule has 0 aromatic carbocycles. The van der Waals surface area contributed by atoms with E-state index in [9.17, 15) is 4.79 Å². The van der Waals surface area contributed by atoms with Gasteiger partial charge >= 0.3 is 0 Å². The van der Waals surface area contributed by atoms with Gasteiger partial charge in [0, 0.05) is 26.3 Å². The van der Waals surface area contributed by atoms with E-state index in [2.05, 4.69) is 4.90 Å². The molecule has 5 heteroatoms. The lowest BCUT2D eigenvalue weighted by atomic mass is 10.2. The maximum absolute atomic E-state index is 11.1. The van der Waals surface area contributed by atoms with Crippen LogP contribution in [0.1, 0.15) is 25.7 Å². The average Bonchev–Trinajstić information content (AvgIpc) is 2.89. The Labute approximate surface area is 102 Å². The van der Waals surface area contributed by atoms with Crippen LogP contribution in [0, 0.1) is 0 Å². The van der Waals surface area contributed by atoms with Crippen molar-refractivity contribution < 1.29 is 14.3 Å². The fourth-order valence-electron chi connectivity index (χ4n) is 2.58. The van der Waals surface area contributed by atoms with E-state index in [1.165, 1.54) is 0 Å². The van der Waals surface area contributed by atoms with Crippen LogP contribution >= 0.6 is 0 Å². The maximum Gasteiger partial charge on any atom is 0.231 e. The molecule has 0 radical (unpaired) electrons. The van der Waals surface area contributed by atoms with Gasteiger partial charge in [0.25, 0.3) is 0 Å². The molecular formula is C12H22N2O3. The first-order valence-electron chi connectivity index (χ1n) is 6.48. The van der Waals surface area contributed by atoms with Gasteiger partial charge in [-0.15, -0.1) is 0 Å². The molecular weight excluding hydrogens is 220 g/mol. The predicted molar refractivity (Wildman–Crippen MR) is 63.6 cm³/mol. The molecule has 1 amide bonds. The highest BCUT2D eigenvalue weighted by Gasteiger charge is 2.24. The van der Waals surface area contributed by atoms with Gasteiger partial charge in [-0.2, -0.15) is 0 Å². The summed E-state index contributed by atoms with van der Waals surface area (Å²) >= 11 is 0. The number of hydrogen-bond acceptors (Lipinski definition) is 4. The molecule has 2 aliphatic rings. The van der Waals surface area contributed by atoms with Crippen molar-refractivity contribution >= 4 is 5.91 Å². The second-order valence-electron chi connectivity index (χ2n) is 4.93. The van der Waals surface area contributed by atoms with E-state index in [0.717, 1.165) is 52.0 Å². The van der Waals surface area contributed by atoms with Crippen LogP contribution in [0.2, 0.25) is 0 Å². The van der Waals surface area contributed by atoms with Crippen LogP contribution in [0.25, 0.3) is 0 Å². The Morgan fingerprint density at radius 1 is 1.12 bits per heavy atom. The van der Waals surface area contributed by atoms with Crippen LogP contribution in [0.15, 0.2) is 0 Å². The lowest BCUT2D eigenvalue weighted by Gasteiger charge is -2.26. The number of nitrogens with zero attached hydrogens (tertiary/aromatic N) is 1. The van der Waals surface area contributed by atoms with E-state index < -0.39 is 0 Å². The third-order valence-corrected chi connectivity index (χ3v) is 3.35. The molecule has 5 nitrogen and oxygen atoms in total. The third kappa shape index (κ3) is 4.26. The Hall–Kier alpha value is -0.650. The van der Waals surface area contributed by atoms with Crippen LogP contribution in [0.5, 0.6) is 0 Å². The zero-order chi connectivity index (χ0) is 12.1. The summed E-state index contributed by atoms with van der Waals surface area (Å²) in [5.74, 6) is -0.277. The van der Waals surface area contributed by atoms with Crippen molar-refractivity contribution in [3.8, 4) is 0 Å². The van der Waals surface area contributed by atoms with Crippen molar-refractivity contribution in [3.05, 3.63) is 0 Å². The Morgan fingerprint density at radius 3 is 2.00 bits per heavy atom. The number of ether oxygens (including phenoxy) is 2. The number of amides is 1. The monoisotopic (exact) mass is 242 g/mol. The predicted octanol–water partition coefficient (Wildman–Crippen LogP) is 0.132. The van der Waals surface area contributed by atoms with Gasteiger partial charge in [0.1, 0.15) is 0 Å². The molecule has 98 valence electrons. The van der Waals surface area contributed by atoms with Crippen molar-refractivity contribution in [3.63, 3.8) is 0 Å². The molecule has 0 aromatic rings. The normalized spacial score (nSPS) is 29.0. The highest BCUT2D eigenvalue weighted by molar-refractivity contribution is 5.75. The second-order valence-corrected chi connectivity index (χ2v) is 4.93. The molecule has 2 fully saturated rings. The Balaban J connectivity index is 1.80. The van der Waals surface area contributed by atoms with E-state index >= 15 is 0 Å². The quantitative estimate of drug-likeness (QED) is 0.719. The van der Waals surface area contributed by atoms with E-state index in [1.807, 2.05) is 0 Å². The molecule has 2 rings (SSSR count). The number of primary amides is 1. The van der Waals surface area contributed by atoms with Gasteiger partial charge in [0.2, 0.25) is 5.91 Å². The fourth-order valence-corrected chi connectivity index (χ4v) is 2.58. The molecule has 17 heavy (non-hydrogen) atoms. The molecule has 0 aromatic heterocycles. The standard InChI is InChI=1S/C12H22N2O3/c13-12(15)9-14(7-10-3-1-5-16-10)8-11-4-2-6-17-11/h10-11H,1-9H2,(H2,13,15)/t10-,11-/m1/s1. The SMILES string of the molecule is NC(=O)CN(C[C@H]1CCCO1)C[C@H]1CCCO1. The Bertz CT molecular complexity index is 230. The first kappa shape index (κ1) is 12.8. The number of carbonyl (C=O) groups is 1. The Kier molecular flexibility index (Phi) is 4.76. The smallest absolute Gasteiger partial charge is 0.231 e. The lowest BCUT2D eigenvalue weighted by Crippen LogP contribution is -2.42. The molecule has 0 saturated carbocycles. The highest BCUT2D eigenvalue weighted by atomic mass is 16.5. The molecule has 0 aliphatic carbocycles. The van der Waals surface area contributed by atoms with Crippen molar-refractivity contribution in [2.24, 2.45) is 5.73 Å². The lowest BCUT2D eigenvalue weighted by molar-refractivity contribution is -0.119. The van der Waals surface area contributed by atoms with Gasteiger partial charge in [0.05, 0.1) is 18.8 Å². The molecule has 0 unspecified atom stereocenters. The summed E-state index contributed by atoms with van der Waals surface area (Å²) in [6.07, 6.45) is 4.93. The number of rotatable bonds is 6. The van der Waals surface area contributed by atoms with E-state index in [0.29, 0.717) is 6.54 Å². The van der Waals surface area contributed by atoms with Crippen molar-refractivity contribution in [1.82, 2.24) is 4.90 Å². The Morgan fingerprint density at radius 2 is 1.65 bits per heavy atom. The number of hydrogen-bond donors (Lipinski definition) is 1. The van der Waals surface area contributed by atoms with Crippen molar-refractivity contribution in [2.75, 3.05) is 32.8 Å². The number of carbonyl (C=O) groups excluding carboxylic acids is 1. The number of nitrogens with two attached hydrogens (primary N) is 1. The van der Waals surface area contributed by atoms with Gasteiger partial charge in [-0.1, -0.05) is 0 Å². The van der Waals surface area contributed by atoms with Crippen LogP contribution < -0.4 is 5.73 Å². The minimum Gasteiger partial charge on any atom is -0.377 e. The summed E-state index contributed by atoms with van der Waals surface area (Å²) in [4.78, 5) is 13.1. The van der Waals surface area contributed by atoms with Crippen molar-refractivity contribution in [1.29, 1.82) is 0 Å². The molecule has 2 atom stereocenters. The van der Waals surface area contributed by atoms with Crippen LogP contribution in [0.4, 0.5) is 0 Å². The molecule has 0 spiro atoms. The van der Waals surface area contributed by atoms with Crippen molar-refractivity contribution in [2.45, 2.75) is 37.9 Å². The van der Waals surface area contributed by atoms with Gasteiger partial charge in [0.15, 0.2) is 0 Å². The maximum atomic E-state index is 11.1. The first-order chi connectivity index (χ1) is 8.24. The van der Waals surface area contributed by atoms with E-state index in [-0.39, 0.29) is 18.1 Å². The molecule has 2 saturated heterocycles. The van der Waals surface area contributed by atoms with Gasteiger partial charge in [-0.05, 0) is 25.7 Å². The fraction of sp³-hybridized carbons (Fsp3) is 0.917. The summed E-state index contributed by atoms with van der Waals surface area (Å²) in [5, 5.41) is 0. The minimum absolute atomic E-state index is 0.260. The average molecular weight is 242 g/mol. The largest absolute Gasteiger partial charge is 0.377 e. The van der Waals surface area contributed by atoms with Crippen LogP contribution in [-0.4, -0.2) is 55.9 Å². The summed E-state index contributed by atoms with van der Waals surface area (Å²) in [6, 6.07) is 0. The van der Waals surface area contributed by atoms with E-state index in [1.54, 1.807) is 0 Å². The topological polar surface area (TPSA) is 64.8 Å². The minimum atomic E-state index is -0.277. The molecule has 2 N–H and O–H groups in total. The summed E-state index contributed by atoms with van der Waals surface area (Å²) in [5.41, 5.74) is 5.28. The first-order valence-corrected chi connectivity index (χ1v) is 6.48. The van der Waals surface area contributed by atoms with Crippen LogP contribution in [-0.2, 0) is 14.3 Å². The van der Waals surface area contributed by atoms with Gasteiger partial charge in [-0.25, -0.2) is 0 Å². The summed E-state index contributed by atoms with van der Waals surface area (Å²) in [7, 11) is 0. The van der Waals surface area contributed by atoms with E-state index in [4.69, 9.17) is 15.2 Å². The second kappa shape index (κ2) is 6.33. The molecule has 0 bridgehead atoms. The zero-order valence-electron chi connectivity index (χ0n) is 10.3. The van der Waals surface area contributed by atoms with Gasteiger partial charge in [-0.3, -0.25) is 9.69 Å². The van der Waals surface area contributed by atoms with Gasteiger partial charge < -0.3 is 15.2 Å². The third-order valence-electron chi connectivity index (χ3n) is 3.35. The summed E-state index contributed by atoms with van der Waals surface area (Å²) in [6.45, 7) is 3.58. The zero-order valence-corrected chi connectivity index (χ0v) is 10.3. The summed E-state index contributed by atoms with van der Waals surface area (Å²) < 4.78 is 11.2.